The average Bonchev–Trinajstić information content (AvgIpc) is 1.78. The number of amides is 8. The molecule has 0 radical (unpaired) electrons. The number of hydrogen-bond acceptors (Lipinski definition) is 19. The molecule has 0 spiro atoms. The first-order chi connectivity index (χ1) is 45.3. The number of unbranched alkanes of at least 4 members (excludes halogenated alkanes) is 4. The number of likely N-dealkylation sites (tertiary alicyclic amines) is 2. The van der Waals surface area contributed by atoms with Crippen LogP contribution >= 0.6 is 0 Å². The second-order valence-corrected chi connectivity index (χ2v) is 25.3. The maximum absolute atomic E-state index is 14.6. The highest BCUT2D eigenvalue weighted by Gasteiger charge is 2.41. The summed E-state index contributed by atoms with van der Waals surface area (Å²) in [4.78, 5) is 144. The zero-order valence-corrected chi connectivity index (χ0v) is 57.8. The van der Waals surface area contributed by atoms with Crippen molar-refractivity contribution in [3.8, 4) is 0 Å². The van der Waals surface area contributed by atoms with Gasteiger partial charge < -0.3 is 82.8 Å². The van der Waals surface area contributed by atoms with E-state index in [0.717, 1.165) is 31.2 Å². The van der Waals surface area contributed by atoms with E-state index in [9.17, 15) is 47.9 Å². The van der Waals surface area contributed by atoms with Crippen molar-refractivity contribution in [3.63, 3.8) is 0 Å². The van der Waals surface area contributed by atoms with E-state index >= 15 is 0 Å². The van der Waals surface area contributed by atoms with Crippen LogP contribution in [0.4, 0.5) is 4.79 Å². The molecule has 9 atom stereocenters. The number of rotatable bonds is 46. The van der Waals surface area contributed by atoms with E-state index in [0.29, 0.717) is 89.4 Å². The highest BCUT2D eigenvalue weighted by molar-refractivity contribution is 5.98. The number of Topliss-reactive ketones (excluding diaryl/α,β-unsaturated/α-hetero) is 1. The van der Waals surface area contributed by atoms with Crippen molar-refractivity contribution >= 4 is 70.9 Å². The molecular weight excluding hydrogens is 1230 g/mol. The lowest BCUT2D eigenvalue weighted by Gasteiger charge is -2.31. The Labute approximate surface area is 561 Å². The number of guanidine groups is 1. The van der Waals surface area contributed by atoms with Crippen LogP contribution in [0.25, 0.3) is 0 Å². The van der Waals surface area contributed by atoms with E-state index in [1.54, 1.807) is 34.7 Å². The maximum atomic E-state index is 14.6. The molecule has 0 bridgehead atoms. The SMILES string of the molecule is CCCCCC[C@H](NC(=O)COCCOCCNC(=O)C(CCCNC(N)=NC)NC(=O)C(C)CC(=O)C1CCCN1C(=O)C(CCCNC(N)NC)NC(=O)C(C)NC(=O)C1CCCN1C(=O)C(CCCCC(=N)CC)NC(=O)OC(C)(C)C)C(=O)OCc1ccccc1. The molecule has 0 aromatic heterocycles. The van der Waals surface area contributed by atoms with Gasteiger partial charge in [0.1, 0.15) is 61.4 Å². The minimum absolute atomic E-state index is 0.0470. The van der Waals surface area contributed by atoms with E-state index in [1.165, 1.54) is 23.8 Å². The maximum Gasteiger partial charge on any atom is 0.408 e. The van der Waals surface area contributed by atoms with Crippen LogP contribution in [0.5, 0.6) is 0 Å². The summed E-state index contributed by atoms with van der Waals surface area (Å²) in [7, 11) is 3.19. The summed E-state index contributed by atoms with van der Waals surface area (Å²) >= 11 is 0. The summed E-state index contributed by atoms with van der Waals surface area (Å²) < 4.78 is 22.1. The summed E-state index contributed by atoms with van der Waals surface area (Å²) in [6.07, 6.45) is 7.70. The van der Waals surface area contributed by atoms with Gasteiger partial charge in [0.15, 0.2) is 11.7 Å². The van der Waals surface area contributed by atoms with E-state index in [4.69, 9.17) is 35.8 Å². The van der Waals surface area contributed by atoms with Gasteiger partial charge >= 0.3 is 12.1 Å². The van der Waals surface area contributed by atoms with Gasteiger partial charge in [-0.2, -0.15) is 0 Å². The first kappa shape index (κ1) is 81.9. The number of aliphatic imine (C=N–C) groups is 1. The Hall–Kier alpha value is -7.34. The summed E-state index contributed by atoms with van der Waals surface area (Å²) in [5.41, 5.74) is 12.4. The van der Waals surface area contributed by atoms with Crippen LogP contribution in [-0.2, 0) is 68.7 Å². The molecule has 14 N–H and O–H groups in total. The Morgan fingerprint density at radius 2 is 1.29 bits per heavy atom. The number of nitrogens with one attached hydrogen (secondary N) is 10. The Bertz CT molecular complexity index is 2610. The van der Waals surface area contributed by atoms with Crippen LogP contribution in [-0.4, -0.2) is 208 Å². The molecule has 1 aromatic carbocycles. The molecule has 2 aliphatic rings. The molecule has 1 aromatic rings. The van der Waals surface area contributed by atoms with E-state index < -0.39 is 114 Å². The molecule has 0 aliphatic carbocycles. The molecule has 29 heteroatoms. The lowest BCUT2D eigenvalue weighted by molar-refractivity contribution is -0.150. The number of nitrogens with two attached hydrogens (primary N) is 2. The zero-order chi connectivity index (χ0) is 70.3. The summed E-state index contributed by atoms with van der Waals surface area (Å²) in [5.74, 6) is -5.47. The molecule has 95 heavy (non-hydrogen) atoms. The lowest BCUT2D eigenvalue weighted by atomic mass is 9.97. The molecule has 2 aliphatic heterocycles. The van der Waals surface area contributed by atoms with Crippen molar-refractivity contribution in [3.05, 3.63) is 35.9 Å². The van der Waals surface area contributed by atoms with Crippen LogP contribution in [0.2, 0.25) is 0 Å². The number of ketones is 1. The van der Waals surface area contributed by atoms with E-state index in [1.807, 2.05) is 37.3 Å². The molecule has 2 heterocycles. The number of hydrogen-bond donors (Lipinski definition) is 12. The number of benzene rings is 1. The first-order valence-corrected chi connectivity index (χ1v) is 34.0. The normalized spacial score (nSPS) is 17.0. The van der Waals surface area contributed by atoms with Gasteiger partial charge in [0.05, 0.1) is 25.9 Å². The predicted molar refractivity (Wildman–Crippen MR) is 360 cm³/mol. The second kappa shape index (κ2) is 45.2. The lowest BCUT2D eigenvalue weighted by Crippen LogP contribution is -2.58. The molecular formula is C66H113N15O14. The van der Waals surface area contributed by atoms with Gasteiger partial charge in [0.2, 0.25) is 41.4 Å². The van der Waals surface area contributed by atoms with Crippen molar-refractivity contribution < 1.29 is 66.9 Å². The van der Waals surface area contributed by atoms with Gasteiger partial charge in [-0.05, 0) is 130 Å². The van der Waals surface area contributed by atoms with E-state index in [2.05, 4.69) is 59.8 Å². The number of alkyl carbamates (subject to hydrolysis) is 1. The van der Waals surface area contributed by atoms with Gasteiger partial charge in [0.25, 0.3) is 0 Å². The minimum atomic E-state index is -1.18. The molecule has 2 saturated heterocycles. The zero-order valence-electron chi connectivity index (χ0n) is 57.8. The van der Waals surface area contributed by atoms with Crippen LogP contribution in [0.3, 0.4) is 0 Å². The van der Waals surface area contributed by atoms with Crippen molar-refractivity contribution in [2.75, 3.05) is 73.2 Å². The van der Waals surface area contributed by atoms with Crippen LogP contribution in [0.1, 0.15) is 176 Å². The fraction of sp³-hybridized carbons (Fsp3) is 0.727. The highest BCUT2D eigenvalue weighted by atomic mass is 16.6. The van der Waals surface area contributed by atoms with Crippen molar-refractivity contribution in [1.82, 2.24) is 57.7 Å². The number of ether oxygens (including phenoxy) is 4. The van der Waals surface area contributed by atoms with Gasteiger partial charge in [0, 0.05) is 51.3 Å². The summed E-state index contributed by atoms with van der Waals surface area (Å²) in [5, 5.41) is 33.5. The smallest absolute Gasteiger partial charge is 0.408 e. The third-order valence-corrected chi connectivity index (χ3v) is 16.2. The Balaban J connectivity index is 1.62. The third-order valence-electron chi connectivity index (χ3n) is 16.2. The quantitative estimate of drug-likeness (QED) is 0.0147. The van der Waals surface area contributed by atoms with Gasteiger partial charge in [-0.1, -0.05) is 83.2 Å². The van der Waals surface area contributed by atoms with Crippen molar-refractivity contribution in [2.45, 2.75) is 231 Å². The molecule has 3 rings (SSSR count). The number of carbonyl (C=O) groups is 10. The molecule has 0 saturated carbocycles. The predicted octanol–water partition coefficient (Wildman–Crippen LogP) is 2.42. The molecule has 536 valence electrons. The molecule has 2 fully saturated rings. The monoisotopic (exact) mass is 1340 g/mol. The number of esters is 1. The fourth-order valence-electron chi connectivity index (χ4n) is 10.8. The third kappa shape index (κ3) is 32.3. The van der Waals surface area contributed by atoms with Crippen molar-refractivity contribution in [1.29, 1.82) is 5.41 Å². The second-order valence-electron chi connectivity index (χ2n) is 25.3. The average molecular weight is 1340 g/mol. The Kier molecular flexibility index (Phi) is 38.9. The fourth-order valence-corrected chi connectivity index (χ4v) is 10.8. The largest absolute Gasteiger partial charge is 0.459 e. The summed E-state index contributed by atoms with van der Waals surface area (Å²) in [6.45, 7) is 13.3. The topological polar surface area (TPSA) is 411 Å². The molecule has 29 nitrogen and oxygen atoms in total. The minimum Gasteiger partial charge on any atom is -0.459 e. The Morgan fingerprint density at radius 3 is 1.96 bits per heavy atom. The first-order valence-electron chi connectivity index (χ1n) is 34.0. The number of nitrogens with zero attached hydrogens (tertiary/aromatic N) is 3. The van der Waals surface area contributed by atoms with Gasteiger partial charge in [-0.3, -0.25) is 54.0 Å². The van der Waals surface area contributed by atoms with Crippen LogP contribution < -0.4 is 59.3 Å². The highest BCUT2D eigenvalue weighted by Crippen LogP contribution is 2.25. The Morgan fingerprint density at radius 1 is 0.684 bits per heavy atom. The summed E-state index contributed by atoms with van der Waals surface area (Å²) in [6, 6.07) is 2.20. The molecule has 8 amide bonds. The number of carbonyl (C=O) groups excluding carboxylic acids is 10. The standard InChI is InChI=1S/C66H113N15O14/c1-10-12-13-17-28-51(62(90)94-42-46-24-15-14-16-25-46)76-55(83)43-93-40-39-92-38-35-72-58(86)48(29-20-33-73-63(68)70-8)77-56(84)44(3)41-54(82)52-31-22-36-80(52)60(88)49(30-21-34-74-64(69)71-9)78-57(85)45(4)75-59(87)53-32-23-37-81(53)61(89)50(27-19-18-26-47(67)11-2)79-65(91)95-66(5,6)7/h14-16,24-25,44-45,48-53,64,67,71,74H,10-13,17-23,26-43,69H2,1-9H3,(H,72,86)(H,75,87)(H,76,83)(H,77,84)(H,78,85)(H,79,91)(H3,68,70,73)/t44?,45?,48?,49?,50?,51-,52?,53?,64?/m0/s1. The van der Waals surface area contributed by atoms with E-state index in [-0.39, 0.29) is 90.1 Å². The van der Waals surface area contributed by atoms with Crippen LogP contribution in [0, 0.1) is 11.3 Å². The van der Waals surface area contributed by atoms with Gasteiger partial charge in [-0.25, -0.2) is 9.59 Å². The van der Waals surface area contributed by atoms with Crippen molar-refractivity contribution in [2.24, 2.45) is 22.4 Å². The molecule has 8 unspecified atom stereocenters. The van der Waals surface area contributed by atoms with Gasteiger partial charge in [-0.15, -0.1) is 0 Å². The van der Waals surface area contributed by atoms with Crippen LogP contribution in [0.15, 0.2) is 35.3 Å².